The highest BCUT2D eigenvalue weighted by molar-refractivity contribution is 7.99. The van der Waals surface area contributed by atoms with Gasteiger partial charge in [-0.2, -0.15) is 0 Å². The van der Waals surface area contributed by atoms with Crippen molar-refractivity contribution in [1.29, 1.82) is 0 Å². The van der Waals surface area contributed by atoms with Gasteiger partial charge in [0, 0.05) is 16.0 Å². The van der Waals surface area contributed by atoms with Gasteiger partial charge in [-0.25, -0.2) is 0 Å². The molecule has 0 aliphatic heterocycles. The number of carbonyl (C=O) groups excluding carboxylic acids is 1. The largest absolute Gasteiger partial charge is 0.481 e. The summed E-state index contributed by atoms with van der Waals surface area (Å²) in [6, 6.07) is 5.21. The van der Waals surface area contributed by atoms with Gasteiger partial charge in [0.15, 0.2) is 0 Å². The van der Waals surface area contributed by atoms with Crippen LogP contribution < -0.4 is 5.32 Å². The number of hydrogen-bond donors (Lipinski definition) is 2. The minimum absolute atomic E-state index is 0.0722. The number of carboxylic acids is 1. The van der Waals surface area contributed by atoms with Gasteiger partial charge in [0.1, 0.15) is 0 Å². The summed E-state index contributed by atoms with van der Waals surface area (Å²) in [6.07, 6.45) is 1.82. The van der Waals surface area contributed by atoms with Crippen molar-refractivity contribution < 1.29 is 14.7 Å². The predicted molar refractivity (Wildman–Crippen MR) is 84.1 cm³/mol. The molecule has 1 aliphatic rings. The molecule has 1 aromatic carbocycles. The van der Waals surface area contributed by atoms with Crippen molar-refractivity contribution in [2.75, 3.05) is 5.75 Å². The second kappa shape index (κ2) is 7.18. The highest BCUT2D eigenvalue weighted by Gasteiger charge is 2.31. The second-order valence-electron chi connectivity index (χ2n) is 5.09. The minimum Gasteiger partial charge on any atom is -0.481 e. The van der Waals surface area contributed by atoms with E-state index < -0.39 is 5.97 Å². The molecule has 6 heteroatoms. The summed E-state index contributed by atoms with van der Waals surface area (Å²) in [5.41, 5.74) is 0.563. The van der Waals surface area contributed by atoms with Gasteiger partial charge in [0.25, 0.3) is 5.91 Å². The molecule has 1 amide bonds. The molecule has 1 fully saturated rings. The van der Waals surface area contributed by atoms with Gasteiger partial charge in [0.05, 0.1) is 11.5 Å². The average molecular weight is 328 g/mol. The number of carboxylic acid groups (broad SMARTS) is 1. The smallest absolute Gasteiger partial charge is 0.306 e. The molecule has 4 nitrogen and oxygen atoms in total. The zero-order chi connectivity index (χ0) is 15.4. The summed E-state index contributed by atoms with van der Waals surface area (Å²) < 4.78 is 0. The lowest BCUT2D eigenvalue weighted by molar-refractivity contribution is -0.141. The van der Waals surface area contributed by atoms with Crippen molar-refractivity contribution in [3.05, 3.63) is 28.8 Å². The first-order valence-electron chi connectivity index (χ1n) is 6.97. The highest BCUT2D eigenvalue weighted by Crippen LogP contribution is 2.28. The maximum atomic E-state index is 12.4. The van der Waals surface area contributed by atoms with Crippen LogP contribution in [0.3, 0.4) is 0 Å². The van der Waals surface area contributed by atoms with Crippen LogP contribution in [0, 0.1) is 5.92 Å². The third kappa shape index (κ3) is 4.14. The molecule has 2 atom stereocenters. The second-order valence-corrected chi connectivity index (χ2v) is 6.83. The standard InChI is InChI=1S/C15H18ClNO3S/c1-2-21-13-6-4-10(16)8-12(13)14(18)17-11-5-3-9(7-11)15(19)20/h4,6,8-9,11H,2-3,5,7H2,1H3,(H,17,18)(H,19,20)/t9-,11+/m1/s1. The van der Waals surface area contributed by atoms with E-state index in [1.165, 1.54) is 0 Å². The molecule has 0 aromatic heterocycles. The molecule has 0 bridgehead atoms. The fourth-order valence-electron chi connectivity index (χ4n) is 2.56. The summed E-state index contributed by atoms with van der Waals surface area (Å²) in [4.78, 5) is 24.2. The number of hydrogen-bond acceptors (Lipinski definition) is 3. The summed E-state index contributed by atoms with van der Waals surface area (Å²) in [6.45, 7) is 2.02. The van der Waals surface area contributed by atoms with Crippen LogP contribution in [0.2, 0.25) is 5.02 Å². The van der Waals surface area contributed by atoms with E-state index in [4.69, 9.17) is 16.7 Å². The van der Waals surface area contributed by atoms with Gasteiger partial charge in [0.2, 0.25) is 0 Å². The van der Waals surface area contributed by atoms with E-state index in [1.807, 2.05) is 13.0 Å². The first kappa shape index (κ1) is 16.2. The third-order valence-electron chi connectivity index (χ3n) is 3.60. The number of halogens is 1. The molecule has 0 radical (unpaired) electrons. The molecule has 0 spiro atoms. The van der Waals surface area contributed by atoms with Crippen LogP contribution in [0.4, 0.5) is 0 Å². The van der Waals surface area contributed by atoms with E-state index in [-0.39, 0.29) is 17.9 Å². The van der Waals surface area contributed by atoms with Crippen LogP contribution in [0.1, 0.15) is 36.5 Å². The number of thioether (sulfide) groups is 1. The molecule has 1 saturated carbocycles. The Kier molecular flexibility index (Phi) is 5.53. The molecule has 1 aliphatic carbocycles. The Hall–Kier alpha value is -1.20. The molecule has 1 aromatic rings. The van der Waals surface area contributed by atoms with E-state index in [0.29, 0.717) is 29.8 Å². The van der Waals surface area contributed by atoms with Gasteiger partial charge in [-0.05, 0) is 43.2 Å². The van der Waals surface area contributed by atoms with Crippen molar-refractivity contribution in [2.24, 2.45) is 5.92 Å². The molecule has 2 rings (SSSR count). The summed E-state index contributed by atoms with van der Waals surface area (Å²) in [5.74, 6) is -0.438. The lowest BCUT2D eigenvalue weighted by Crippen LogP contribution is -2.33. The number of benzene rings is 1. The Bertz CT molecular complexity index is 550. The fourth-order valence-corrected chi connectivity index (χ4v) is 3.52. The van der Waals surface area contributed by atoms with E-state index in [9.17, 15) is 9.59 Å². The summed E-state index contributed by atoms with van der Waals surface area (Å²) >= 11 is 7.56. The molecule has 0 unspecified atom stereocenters. The monoisotopic (exact) mass is 327 g/mol. The molecule has 114 valence electrons. The van der Waals surface area contributed by atoms with E-state index in [2.05, 4.69) is 5.32 Å². The number of rotatable bonds is 5. The molecule has 21 heavy (non-hydrogen) atoms. The molecule has 0 heterocycles. The Labute approximate surface area is 133 Å². The first-order chi connectivity index (χ1) is 10.0. The predicted octanol–water partition coefficient (Wildman–Crippen LogP) is 3.44. The van der Waals surface area contributed by atoms with Gasteiger partial charge in [-0.1, -0.05) is 18.5 Å². The van der Waals surface area contributed by atoms with Gasteiger partial charge in [-0.15, -0.1) is 11.8 Å². The number of aliphatic carboxylic acids is 1. The minimum atomic E-state index is -0.781. The summed E-state index contributed by atoms with van der Waals surface area (Å²) in [7, 11) is 0. The van der Waals surface area contributed by atoms with Crippen LogP contribution in [0.15, 0.2) is 23.1 Å². The van der Waals surface area contributed by atoms with Gasteiger partial charge < -0.3 is 10.4 Å². The van der Waals surface area contributed by atoms with Crippen LogP contribution in [-0.4, -0.2) is 28.8 Å². The zero-order valence-electron chi connectivity index (χ0n) is 11.8. The number of amides is 1. The van der Waals surface area contributed by atoms with Gasteiger partial charge >= 0.3 is 5.97 Å². The molecule has 2 N–H and O–H groups in total. The van der Waals surface area contributed by atoms with Crippen LogP contribution >= 0.6 is 23.4 Å². The van der Waals surface area contributed by atoms with Crippen LogP contribution in [-0.2, 0) is 4.79 Å². The first-order valence-corrected chi connectivity index (χ1v) is 8.33. The normalized spacial score (nSPS) is 21.2. The summed E-state index contributed by atoms with van der Waals surface area (Å²) in [5, 5.41) is 12.5. The molecular formula is C15H18ClNO3S. The maximum absolute atomic E-state index is 12.4. The van der Waals surface area contributed by atoms with Crippen molar-refractivity contribution in [3.8, 4) is 0 Å². The van der Waals surface area contributed by atoms with Gasteiger partial charge in [-0.3, -0.25) is 9.59 Å². The molecular weight excluding hydrogens is 310 g/mol. The SMILES string of the molecule is CCSc1ccc(Cl)cc1C(=O)N[C@H]1CC[C@@H](C(=O)O)C1. The van der Waals surface area contributed by atoms with Crippen molar-refractivity contribution in [3.63, 3.8) is 0 Å². The van der Waals surface area contributed by atoms with Crippen molar-refractivity contribution >= 4 is 35.2 Å². The van der Waals surface area contributed by atoms with Crippen LogP contribution in [0.5, 0.6) is 0 Å². The van der Waals surface area contributed by atoms with E-state index >= 15 is 0 Å². The quantitative estimate of drug-likeness (QED) is 0.813. The Morgan fingerprint density at radius 2 is 2.19 bits per heavy atom. The van der Waals surface area contributed by atoms with Crippen molar-refractivity contribution in [2.45, 2.75) is 37.1 Å². The lowest BCUT2D eigenvalue weighted by atomic mass is 10.1. The number of carbonyl (C=O) groups is 2. The number of nitrogens with one attached hydrogen (secondary N) is 1. The van der Waals surface area contributed by atoms with Crippen molar-refractivity contribution in [1.82, 2.24) is 5.32 Å². The molecule has 0 saturated heterocycles. The lowest BCUT2D eigenvalue weighted by Gasteiger charge is -2.14. The zero-order valence-corrected chi connectivity index (χ0v) is 13.3. The fraction of sp³-hybridized carbons (Fsp3) is 0.467. The van der Waals surface area contributed by atoms with E-state index in [1.54, 1.807) is 23.9 Å². The Balaban J connectivity index is 2.07. The van der Waals surface area contributed by atoms with Crippen LogP contribution in [0.25, 0.3) is 0 Å². The third-order valence-corrected chi connectivity index (χ3v) is 4.79. The topological polar surface area (TPSA) is 66.4 Å². The van der Waals surface area contributed by atoms with E-state index in [0.717, 1.165) is 10.6 Å². The average Bonchev–Trinajstić information content (AvgIpc) is 2.89. The Morgan fingerprint density at radius 1 is 1.43 bits per heavy atom. The Morgan fingerprint density at radius 3 is 2.81 bits per heavy atom. The highest BCUT2D eigenvalue weighted by atomic mass is 35.5. The maximum Gasteiger partial charge on any atom is 0.306 e.